The van der Waals surface area contributed by atoms with Gasteiger partial charge in [0, 0.05) is 10.1 Å². The molecule has 0 bridgehead atoms. The number of thiophene rings is 1. The van der Waals surface area contributed by atoms with Crippen LogP contribution in [0.15, 0.2) is 18.2 Å². The van der Waals surface area contributed by atoms with Crippen LogP contribution in [-0.2, 0) is 0 Å². The summed E-state index contributed by atoms with van der Waals surface area (Å²) in [6.45, 7) is 1.89. The SMILES string of the molecule is Cc1cccc2c(O)c(C(=O)O)sc12. The summed E-state index contributed by atoms with van der Waals surface area (Å²) in [7, 11) is 0. The molecule has 72 valence electrons. The molecule has 0 aliphatic heterocycles. The van der Waals surface area contributed by atoms with E-state index in [1.807, 2.05) is 13.0 Å². The number of hydrogen-bond acceptors (Lipinski definition) is 3. The smallest absolute Gasteiger partial charge is 0.349 e. The van der Waals surface area contributed by atoms with Crippen molar-refractivity contribution in [1.29, 1.82) is 0 Å². The Labute approximate surface area is 84.2 Å². The van der Waals surface area contributed by atoms with Gasteiger partial charge in [0.05, 0.1) is 0 Å². The lowest BCUT2D eigenvalue weighted by atomic mass is 10.2. The zero-order valence-electron chi connectivity index (χ0n) is 7.44. The van der Waals surface area contributed by atoms with E-state index in [1.54, 1.807) is 12.1 Å². The van der Waals surface area contributed by atoms with Crippen molar-refractivity contribution in [2.24, 2.45) is 0 Å². The second-order valence-electron chi connectivity index (χ2n) is 3.04. The second kappa shape index (κ2) is 2.99. The van der Waals surface area contributed by atoms with Crippen molar-refractivity contribution >= 4 is 27.4 Å². The van der Waals surface area contributed by atoms with Gasteiger partial charge in [0.25, 0.3) is 0 Å². The molecule has 0 atom stereocenters. The van der Waals surface area contributed by atoms with E-state index in [9.17, 15) is 9.90 Å². The van der Waals surface area contributed by atoms with Crippen LogP contribution < -0.4 is 0 Å². The number of carboxylic acid groups (broad SMARTS) is 1. The van der Waals surface area contributed by atoms with Crippen LogP contribution in [0.5, 0.6) is 5.75 Å². The molecule has 0 spiro atoms. The number of rotatable bonds is 1. The number of hydrogen-bond donors (Lipinski definition) is 2. The molecule has 0 amide bonds. The minimum atomic E-state index is -1.08. The van der Waals surface area contributed by atoms with E-state index < -0.39 is 5.97 Å². The van der Waals surface area contributed by atoms with Gasteiger partial charge in [0.1, 0.15) is 5.75 Å². The van der Waals surface area contributed by atoms with Crippen molar-refractivity contribution in [2.75, 3.05) is 0 Å². The third-order valence-corrected chi connectivity index (χ3v) is 3.40. The van der Waals surface area contributed by atoms with Gasteiger partial charge >= 0.3 is 5.97 Å². The maximum absolute atomic E-state index is 10.8. The molecule has 1 heterocycles. The second-order valence-corrected chi connectivity index (χ2v) is 4.06. The summed E-state index contributed by atoms with van der Waals surface area (Å²) >= 11 is 1.11. The van der Waals surface area contributed by atoms with Crippen LogP contribution in [0, 0.1) is 6.92 Å². The van der Waals surface area contributed by atoms with E-state index in [-0.39, 0.29) is 10.6 Å². The molecule has 2 rings (SSSR count). The third kappa shape index (κ3) is 1.15. The Balaban J connectivity index is 2.86. The Morgan fingerprint density at radius 1 is 1.43 bits per heavy atom. The Kier molecular flexibility index (Phi) is 1.93. The number of aromatic hydroxyl groups is 1. The summed E-state index contributed by atoms with van der Waals surface area (Å²) in [5.41, 5.74) is 0.982. The van der Waals surface area contributed by atoms with E-state index in [0.29, 0.717) is 5.39 Å². The van der Waals surface area contributed by atoms with Crippen molar-refractivity contribution < 1.29 is 15.0 Å². The van der Waals surface area contributed by atoms with Crippen molar-refractivity contribution in [3.8, 4) is 5.75 Å². The van der Waals surface area contributed by atoms with Gasteiger partial charge < -0.3 is 10.2 Å². The number of carboxylic acids is 1. The molecule has 0 saturated heterocycles. The fourth-order valence-electron chi connectivity index (χ4n) is 1.39. The minimum Gasteiger partial charge on any atom is -0.505 e. The van der Waals surface area contributed by atoms with Crippen LogP contribution >= 0.6 is 11.3 Å². The Morgan fingerprint density at radius 3 is 2.71 bits per heavy atom. The van der Waals surface area contributed by atoms with Crippen LogP contribution in [0.4, 0.5) is 0 Å². The topological polar surface area (TPSA) is 57.5 Å². The van der Waals surface area contributed by atoms with Crippen molar-refractivity contribution in [1.82, 2.24) is 0 Å². The molecule has 1 aromatic carbocycles. The third-order valence-electron chi connectivity index (χ3n) is 2.08. The molecule has 0 saturated carbocycles. The first kappa shape index (κ1) is 9.02. The maximum Gasteiger partial charge on any atom is 0.349 e. The largest absolute Gasteiger partial charge is 0.505 e. The van der Waals surface area contributed by atoms with Crippen LogP contribution in [0.3, 0.4) is 0 Å². The normalized spacial score (nSPS) is 10.6. The van der Waals surface area contributed by atoms with Gasteiger partial charge in [-0.15, -0.1) is 11.3 Å². The molecule has 2 aromatic rings. The fourth-order valence-corrected chi connectivity index (χ4v) is 2.39. The first-order valence-corrected chi connectivity index (χ1v) is 4.87. The number of fused-ring (bicyclic) bond motifs is 1. The predicted octanol–water partition coefficient (Wildman–Crippen LogP) is 2.61. The standard InChI is InChI=1S/C10H8O3S/c1-5-3-2-4-6-7(11)9(10(12)13)14-8(5)6/h2-4,11H,1H3,(H,12,13). The molecule has 0 aliphatic carbocycles. The molecule has 0 unspecified atom stereocenters. The highest BCUT2D eigenvalue weighted by Gasteiger charge is 2.17. The minimum absolute atomic E-state index is 0.00861. The van der Waals surface area contributed by atoms with E-state index in [1.165, 1.54) is 0 Å². The average Bonchev–Trinajstić information content (AvgIpc) is 2.46. The Morgan fingerprint density at radius 2 is 2.14 bits per heavy atom. The quantitative estimate of drug-likeness (QED) is 0.757. The molecule has 2 N–H and O–H groups in total. The van der Waals surface area contributed by atoms with Crippen molar-refractivity contribution in [3.05, 3.63) is 28.6 Å². The molecular formula is C10H8O3S. The van der Waals surface area contributed by atoms with Crippen LogP contribution in [0.2, 0.25) is 0 Å². The number of carbonyl (C=O) groups is 1. The maximum atomic E-state index is 10.8. The summed E-state index contributed by atoms with van der Waals surface area (Å²) in [5, 5.41) is 19.0. The lowest BCUT2D eigenvalue weighted by molar-refractivity contribution is 0.0699. The van der Waals surface area contributed by atoms with Crippen molar-refractivity contribution in [2.45, 2.75) is 6.92 Å². The zero-order valence-corrected chi connectivity index (χ0v) is 8.26. The highest BCUT2D eigenvalue weighted by atomic mass is 32.1. The predicted molar refractivity (Wildman–Crippen MR) is 55.2 cm³/mol. The number of aryl methyl sites for hydroxylation is 1. The van der Waals surface area contributed by atoms with Gasteiger partial charge in [0.15, 0.2) is 4.88 Å². The van der Waals surface area contributed by atoms with Gasteiger partial charge in [-0.2, -0.15) is 0 Å². The molecule has 0 fully saturated rings. The lowest BCUT2D eigenvalue weighted by Crippen LogP contribution is -1.90. The molecule has 0 radical (unpaired) electrons. The fraction of sp³-hybridized carbons (Fsp3) is 0.100. The summed E-state index contributed by atoms with van der Waals surface area (Å²) in [4.78, 5) is 10.8. The van der Waals surface area contributed by atoms with Gasteiger partial charge in [0.2, 0.25) is 0 Å². The van der Waals surface area contributed by atoms with Crippen LogP contribution in [0.25, 0.3) is 10.1 Å². The van der Waals surface area contributed by atoms with Gasteiger partial charge in [-0.3, -0.25) is 0 Å². The summed E-state index contributed by atoms with van der Waals surface area (Å²) in [6, 6.07) is 5.42. The van der Waals surface area contributed by atoms with E-state index in [2.05, 4.69) is 0 Å². The molecule has 0 aliphatic rings. The summed E-state index contributed by atoms with van der Waals surface area (Å²) in [5.74, 6) is -1.20. The van der Waals surface area contributed by atoms with Gasteiger partial charge in [-0.25, -0.2) is 4.79 Å². The van der Waals surface area contributed by atoms with Crippen molar-refractivity contribution in [3.63, 3.8) is 0 Å². The monoisotopic (exact) mass is 208 g/mol. The Hall–Kier alpha value is -1.55. The average molecular weight is 208 g/mol. The molecule has 14 heavy (non-hydrogen) atoms. The van der Waals surface area contributed by atoms with Gasteiger partial charge in [-0.05, 0) is 18.6 Å². The van der Waals surface area contributed by atoms with Gasteiger partial charge in [-0.1, -0.05) is 12.1 Å². The van der Waals surface area contributed by atoms with Crippen LogP contribution in [-0.4, -0.2) is 16.2 Å². The molecule has 3 nitrogen and oxygen atoms in total. The highest BCUT2D eigenvalue weighted by molar-refractivity contribution is 7.21. The first-order chi connectivity index (χ1) is 6.61. The van der Waals surface area contributed by atoms with Crippen LogP contribution in [0.1, 0.15) is 15.2 Å². The number of aromatic carboxylic acids is 1. The molecule has 1 aromatic heterocycles. The summed E-state index contributed by atoms with van der Waals surface area (Å²) < 4.78 is 0.836. The van der Waals surface area contributed by atoms with E-state index in [4.69, 9.17) is 5.11 Å². The summed E-state index contributed by atoms with van der Waals surface area (Å²) in [6.07, 6.45) is 0. The Bertz CT molecular complexity index is 513. The molecular weight excluding hydrogens is 200 g/mol. The zero-order chi connectivity index (χ0) is 10.3. The number of benzene rings is 1. The molecule has 4 heteroatoms. The van der Waals surface area contributed by atoms with E-state index >= 15 is 0 Å². The first-order valence-electron chi connectivity index (χ1n) is 4.05. The van der Waals surface area contributed by atoms with E-state index in [0.717, 1.165) is 21.6 Å². The highest BCUT2D eigenvalue weighted by Crippen LogP contribution is 2.38. The lowest BCUT2D eigenvalue weighted by Gasteiger charge is -1.93.